The standard InChI is InChI=1S/C14H15N3O4S3/c1-24(20,21)17-6-5-16(14(17)19)13(18)15-12(10-4-8-22-9-10)11-3-2-7-23-11/h2-4,7-9,12H,5-6H2,1H3,(H,15,18). The van der Waals surface area contributed by atoms with Crippen LogP contribution in [0.2, 0.25) is 0 Å². The molecule has 24 heavy (non-hydrogen) atoms. The molecule has 2 aromatic heterocycles. The molecule has 3 heterocycles. The largest absolute Gasteiger partial charge is 0.341 e. The Morgan fingerprint density at radius 1 is 1.29 bits per heavy atom. The molecule has 1 saturated heterocycles. The van der Waals surface area contributed by atoms with E-state index in [4.69, 9.17) is 0 Å². The van der Waals surface area contributed by atoms with Crippen LogP contribution >= 0.6 is 22.7 Å². The van der Waals surface area contributed by atoms with Crippen LogP contribution in [0.15, 0.2) is 34.3 Å². The van der Waals surface area contributed by atoms with Crippen molar-refractivity contribution in [1.82, 2.24) is 14.5 Å². The summed E-state index contributed by atoms with van der Waals surface area (Å²) < 4.78 is 23.8. The first-order valence-electron chi connectivity index (χ1n) is 7.03. The predicted octanol–water partition coefficient (Wildman–Crippen LogP) is 2.31. The maximum Gasteiger partial charge on any atom is 0.341 e. The molecule has 0 aliphatic carbocycles. The molecule has 3 rings (SSSR count). The Morgan fingerprint density at radius 3 is 2.62 bits per heavy atom. The van der Waals surface area contributed by atoms with E-state index in [1.54, 1.807) is 0 Å². The highest BCUT2D eigenvalue weighted by molar-refractivity contribution is 7.88. The number of sulfonamides is 1. The second kappa shape index (κ2) is 6.54. The van der Waals surface area contributed by atoms with Crippen molar-refractivity contribution in [3.8, 4) is 0 Å². The number of amides is 4. The number of carbonyl (C=O) groups is 2. The fourth-order valence-corrected chi connectivity index (χ4v) is 4.71. The molecule has 0 saturated carbocycles. The number of hydrogen-bond acceptors (Lipinski definition) is 6. The lowest BCUT2D eigenvalue weighted by atomic mass is 10.1. The molecule has 7 nitrogen and oxygen atoms in total. The van der Waals surface area contributed by atoms with Crippen molar-refractivity contribution < 1.29 is 18.0 Å². The third-order valence-electron chi connectivity index (χ3n) is 3.59. The summed E-state index contributed by atoms with van der Waals surface area (Å²) in [7, 11) is -3.67. The van der Waals surface area contributed by atoms with Gasteiger partial charge in [-0.05, 0) is 33.8 Å². The highest BCUT2D eigenvalue weighted by Crippen LogP contribution is 2.28. The van der Waals surface area contributed by atoms with Crippen molar-refractivity contribution in [2.24, 2.45) is 0 Å². The quantitative estimate of drug-likeness (QED) is 0.875. The van der Waals surface area contributed by atoms with Gasteiger partial charge in [0.25, 0.3) is 0 Å². The topological polar surface area (TPSA) is 86.8 Å². The number of imide groups is 1. The minimum Gasteiger partial charge on any atom is -0.326 e. The molecular weight excluding hydrogens is 370 g/mol. The van der Waals surface area contributed by atoms with E-state index >= 15 is 0 Å². The Balaban J connectivity index is 1.79. The van der Waals surface area contributed by atoms with Gasteiger partial charge in [0.1, 0.15) is 0 Å². The first-order chi connectivity index (χ1) is 11.4. The van der Waals surface area contributed by atoms with E-state index in [2.05, 4.69) is 5.32 Å². The maximum atomic E-state index is 12.5. The Kier molecular flexibility index (Phi) is 4.61. The molecule has 1 atom stereocenters. The van der Waals surface area contributed by atoms with Gasteiger partial charge in [-0.1, -0.05) is 6.07 Å². The van der Waals surface area contributed by atoms with E-state index in [1.165, 1.54) is 22.7 Å². The van der Waals surface area contributed by atoms with Gasteiger partial charge in [-0.15, -0.1) is 11.3 Å². The average Bonchev–Trinajstić information content (AvgIpc) is 3.25. The van der Waals surface area contributed by atoms with E-state index < -0.39 is 22.1 Å². The van der Waals surface area contributed by atoms with Gasteiger partial charge in [-0.3, -0.25) is 0 Å². The number of hydrogen-bond donors (Lipinski definition) is 1. The van der Waals surface area contributed by atoms with Crippen LogP contribution < -0.4 is 5.32 Å². The summed E-state index contributed by atoms with van der Waals surface area (Å²) in [5.41, 5.74) is 0.919. The van der Waals surface area contributed by atoms with E-state index in [-0.39, 0.29) is 19.1 Å². The summed E-state index contributed by atoms with van der Waals surface area (Å²) in [6.45, 7) is 0.0196. The first-order valence-corrected chi connectivity index (χ1v) is 10.7. The van der Waals surface area contributed by atoms with Crippen LogP contribution in [-0.2, 0) is 10.0 Å². The van der Waals surface area contributed by atoms with Crippen molar-refractivity contribution in [2.75, 3.05) is 19.3 Å². The van der Waals surface area contributed by atoms with Crippen LogP contribution in [0, 0.1) is 0 Å². The second-order valence-electron chi connectivity index (χ2n) is 5.22. The molecule has 1 N–H and O–H groups in total. The summed E-state index contributed by atoms with van der Waals surface area (Å²) in [5, 5.41) is 8.58. The summed E-state index contributed by atoms with van der Waals surface area (Å²) in [5.74, 6) is 0. The number of thiophene rings is 2. The van der Waals surface area contributed by atoms with Gasteiger partial charge in [0, 0.05) is 4.88 Å². The Labute approximate surface area is 147 Å². The predicted molar refractivity (Wildman–Crippen MR) is 92.7 cm³/mol. The third kappa shape index (κ3) is 3.30. The number of rotatable bonds is 4. The van der Waals surface area contributed by atoms with Crippen LogP contribution in [0.3, 0.4) is 0 Å². The Bertz CT molecular complexity index is 797. The second-order valence-corrected chi connectivity index (χ2v) is 8.89. The highest BCUT2D eigenvalue weighted by atomic mass is 32.2. The molecular formula is C14H15N3O4S3. The van der Waals surface area contributed by atoms with Gasteiger partial charge in [-0.25, -0.2) is 27.2 Å². The zero-order valence-electron chi connectivity index (χ0n) is 12.7. The average molecular weight is 385 g/mol. The van der Waals surface area contributed by atoms with Crippen molar-refractivity contribution in [2.45, 2.75) is 6.04 Å². The molecule has 128 valence electrons. The summed E-state index contributed by atoms with van der Waals surface area (Å²) in [4.78, 5) is 26.5. The van der Waals surface area contributed by atoms with E-state index in [1.807, 2.05) is 34.3 Å². The lowest BCUT2D eigenvalue weighted by molar-refractivity contribution is 0.192. The molecule has 2 aromatic rings. The smallest absolute Gasteiger partial charge is 0.326 e. The minimum absolute atomic E-state index is 0.0206. The lowest BCUT2D eigenvalue weighted by Crippen LogP contribution is -2.44. The van der Waals surface area contributed by atoms with Crippen molar-refractivity contribution in [3.05, 3.63) is 44.8 Å². The van der Waals surface area contributed by atoms with Gasteiger partial charge < -0.3 is 5.32 Å². The maximum absolute atomic E-state index is 12.5. The van der Waals surface area contributed by atoms with Gasteiger partial charge >= 0.3 is 12.1 Å². The van der Waals surface area contributed by atoms with Crippen LogP contribution in [0.25, 0.3) is 0 Å². The molecule has 0 radical (unpaired) electrons. The fraction of sp³-hybridized carbons (Fsp3) is 0.286. The van der Waals surface area contributed by atoms with Crippen LogP contribution in [0.5, 0.6) is 0 Å². The van der Waals surface area contributed by atoms with Gasteiger partial charge in [0.2, 0.25) is 10.0 Å². The number of carbonyl (C=O) groups excluding carboxylic acids is 2. The first kappa shape index (κ1) is 16.9. The number of nitrogens with zero attached hydrogens (tertiary/aromatic N) is 2. The molecule has 0 bridgehead atoms. The van der Waals surface area contributed by atoms with Crippen molar-refractivity contribution >= 4 is 44.8 Å². The van der Waals surface area contributed by atoms with E-state index in [0.717, 1.165) is 21.6 Å². The lowest BCUT2D eigenvalue weighted by Gasteiger charge is -2.21. The highest BCUT2D eigenvalue weighted by Gasteiger charge is 2.38. The molecule has 1 aliphatic heterocycles. The third-order valence-corrected chi connectivity index (χ3v) is 6.37. The molecule has 1 fully saturated rings. The fourth-order valence-electron chi connectivity index (χ4n) is 2.43. The van der Waals surface area contributed by atoms with Gasteiger partial charge in [0.05, 0.1) is 25.4 Å². The Morgan fingerprint density at radius 2 is 2.08 bits per heavy atom. The number of nitrogens with one attached hydrogen (secondary N) is 1. The van der Waals surface area contributed by atoms with Gasteiger partial charge in [-0.2, -0.15) is 11.3 Å². The van der Waals surface area contributed by atoms with Gasteiger partial charge in [0.15, 0.2) is 0 Å². The van der Waals surface area contributed by atoms with E-state index in [9.17, 15) is 18.0 Å². The molecule has 4 amide bonds. The number of urea groups is 2. The van der Waals surface area contributed by atoms with Crippen LogP contribution in [0.4, 0.5) is 9.59 Å². The van der Waals surface area contributed by atoms with Crippen LogP contribution in [-0.4, -0.2) is 49.0 Å². The molecule has 1 aliphatic rings. The molecule has 0 aromatic carbocycles. The molecule has 10 heteroatoms. The van der Waals surface area contributed by atoms with Crippen molar-refractivity contribution in [3.63, 3.8) is 0 Å². The summed E-state index contributed by atoms with van der Waals surface area (Å²) in [6, 6.07) is 3.91. The molecule has 0 spiro atoms. The normalized spacial score (nSPS) is 16.5. The van der Waals surface area contributed by atoms with E-state index in [0.29, 0.717) is 4.31 Å². The zero-order chi connectivity index (χ0) is 17.3. The van der Waals surface area contributed by atoms with Crippen LogP contribution in [0.1, 0.15) is 16.5 Å². The minimum atomic E-state index is -3.67. The Hall–Kier alpha value is -1.91. The summed E-state index contributed by atoms with van der Waals surface area (Å²) >= 11 is 3.01. The summed E-state index contributed by atoms with van der Waals surface area (Å²) in [6.07, 6.45) is 0.951. The zero-order valence-corrected chi connectivity index (χ0v) is 15.2. The monoisotopic (exact) mass is 385 g/mol. The van der Waals surface area contributed by atoms with Crippen molar-refractivity contribution in [1.29, 1.82) is 0 Å². The molecule has 1 unspecified atom stereocenters. The SMILES string of the molecule is CS(=O)(=O)N1CCN(C(=O)NC(c2ccsc2)c2cccs2)C1=O.